The molecule has 4 nitrogen and oxygen atoms in total. The van der Waals surface area contributed by atoms with Crippen LogP contribution in [0.3, 0.4) is 0 Å². The van der Waals surface area contributed by atoms with E-state index in [4.69, 9.17) is 4.98 Å². The van der Waals surface area contributed by atoms with E-state index in [1.807, 2.05) is 44.0 Å². The van der Waals surface area contributed by atoms with E-state index in [9.17, 15) is 0 Å². The van der Waals surface area contributed by atoms with Crippen LogP contribution in [0.2, 0.25) is 0 Å². The number of nitrogens with zero attached hydrogens (tertiary/aromatic N) is 4. The molecule has 0 spiro atoms. The van der Waals surface area contributed by atoms with E-state index in [0.29, 0.717) is 0 Å². The van der Waals surface area contributed by atoms with Crippen molar-refractivity contribution < 1.29 is 0 Å². The highest BCUT2D eigenvalue weighted by Gasteiger charge is 2.14. The summed E-state index contributed by atoms with van der Waals surface area (Å²) in [7, 11) is 1.92. The van der Waals surface area contributed by atoms with Crippen LogP contribution in [-0.2, 0) is 7.05 Å². The Morgan fingerprint density at radius 1 is 1.05 bits per heavy atom. The molecule has 0 amide bonds. The summed E-state index contributed by atoms with van der Waals surface area (Å²) in [5, 5.41) is 4.23. The fraction of sp³-hybridized carbons (Fsp3) is 0.118. The van der Waals surface area contributed by atoms with Crippen molar-refractivity contribution in [1.82, 2.24) is 19.7 Å². The average molecular weight is 306 g/mol. The molecule has 4 heterocycles. The second kappa shape index (κ2) is 5.03. The Morgan fingerprint density at radius 2 is 1.86 bits per heavy atom. The highest BCUT2D eigenvalue weighted by atomic mass is 32.1. The lowest BCUT2D eigenvalue weighted by Gasteiger charge is -2.02. The zero-order chi connectivity index (χ0) is 15.1. The minimum Gasteiger partial charge on any atom is -0.275 e. The van der Waals surface area contributed by atoms with Gasteiger partial charge in [-0.15, -0.1) is 11.3 Å². The predicted octanol–water partition coefficient (Wildman–Crippen LogP) is 4.07. The van der Waals surface area contributed by atoms with Gasteiger partial charge in [-0.25, -0.2) is 4.98 Å². The second-order valence-corrected chi connectivity index (χ2v) is 6.47. The van der Waals surface area contributed by atoms with Crippen LogP contribution in [0.5, 0.6) is 0 Å². The van der Waals surface area contributed by atoms with Gasteiger partial charge in [0.15, 0.2) is 0 Å². The standard InChI is InChI=1S/C17H14N4S/c1-11-16(12-5-7-18-8-6-12)17-15(22-11)4-3-14(20-17)13-9-19-21(2)10-13/h3-10H,1-2H3. The molecule has 0 radical (unpaired) electrons. The molecule has 0 atom stereocenters. The molecule has 4 aromatic heterocycles. The van der Waals surface area contributed by atoms with Gasteiger partial charge in [0.05, 0.1) is 22.1 Å². The Bertz CT molecular complexity index is 953. The first-order valence-electron chi connectivity index (χ1n) is 7.02. The normalized spacial score (nSPS) is 11.2. The maximum atomic E-state index is 4.89. The van der Waals surface area contributed by atoms with E-state index in [-0.39, 0.29) is 0 Å². The summed E-state index contributed by atoms with van der Waals surface area (Å²) in [6, 6.07) is 8.28. The van der Waals surface area contributed by atoms with E-state index < -0.39 is 0 Å². The van der Waals surface area contributed by atoms with E-state index in [1.165, 1.54) is 15.1 Å². The summed E-state index contributed by atoms with van der Waals surface area (Å²) >= 11 is 1.78. The molecule has 0 aliphatic rings. The predicted molar refractivity (Wildman–Crippen MR) is 89.8 cm³/mol. The van der Waals surface area contributed by atoms with Gasteiger partial charge in [-0.2, -0.15) is 5.10 Å². The summed E-state index contributed by atoms with van der Waals surface area (Å²) in [5.74, 6) is 0. The lowest BCUT2D eigenvalue weighted by atomic mass is 10.1. The maximum Gasteiger partial charge on any atom is 0.0898 e. The van der Waals surface area contributed by atoms with E-state index in [0.717, 1.165) is 22.3 Å². The Hall–Kier alpha value is -2.53. The molecule has 0 saturated carbocycles. The molecule has 0 aromatic carbocycles. The lowest BCUT2D eigenvalue weighted by Crippen LogP contribution is -1.86. The van der Waals surface area contributed by atoms with Crippen LogP contribution in [0, 0.1) is 6.92 Å². The molecular weight excluding hydrogens is 292 g/mol. The summed E-state index contributed by atoms with van der Waals surface area (Å²) in [5.41, 5.74) is 5.40. The van der Waals surface area contributed by atoms with Crippen LogP contribution in [0.4, 0.5) is 0 Å². The molecule has 4 rings (SSSR count). The van der Waals surface area contributed by atoms with Crippen molar-refractivity contribution in [3.05, 3.63) is 53.9 Å². The fourth-order valence-corrected chi connectivity index (χ4v) is 3.69. The van der Waals surface area contributed by atoms with Gasteiger partial charge < -0.3 is 0 Å². The number of fused-ring (bicyclic) bond motifs is 1. The topological polar surface area (TPSA) is 43.6 Å². The van der Waals surface area contributed by atoms with Gasteiger partial charge in [0, 0.05) is 41.6 Å². The van der Waals surface area contributed by atoms with E-state index in [2.05, 4.69) is 29.1 Å². The van der Waals surface area contributed by atoms with Crippen LogP contribution in [0.15, 0.2) is 49.1 Å². The second-order valence-electron chi connectivity index (χ2n) is 5.22. The van der Waals surface area contributed by atoms with E-state index in [1.54, 1.807) is 16.0 Å². The average Bonchev–Trinajstić information content (AvgIpc) is 3.10. The van der Waals surface area contributed by atoms with Crippen molar-refractivity contribution in [3.8, 4) is 22.4 Å². The third-order valence-electron chi connectivity index (χ3n) is 3.68. The molecular formula is C17H14N4S. The smallest absolute Gasteiger partial charge is 0.0898 e. The van der Waals surface area contributed by atoms with Gasteiger partial charge in [-0.05, 0) is 36.8 Å². The van der Waals surface area contributed by atoms with Crippen molar-refractivity contribution >= 4 is 21.6 Å². The molecule has 0 aliphatic heterocycles. The van der Waals surface area contributed by atoms with Gasteiger partial charge in [-0.3, -0.25) is 9.67 Å². The molecule has 5 heteroatoms. The van der Waals surface area contributed by atoms with Crippen LogP contribution >= 0.6 is 11.3 Å². The van der Waals surface area contributed by atoms with E-state index >= 15 is 0 Å². The Balaban J connectivity index is 1.95. The quantitative estimate of drug-likeness (QED) is 0.561. The third-order valence-corrected chi connectivity index (χ3v) is 4.74. The fourth-order valence-electron chi connectivity index (χ4n) is 2.66. The summed E-state index contributed by atoms with van der Waals surface area (Å²) < 4.78 is 3.00. The first kappa shape index (κ1) is 13.2. The number of rotatable bonds is 2. The van der Waals surface area contributed by atoms with Crippen molar-refractivity contribution in [3.63, 3.8) is 0 Å². The van der Waals surface area contributed by atoms with Crippen LogP contribution in [-0.4, -0.2) is 19.7 Å². The molecule has 0 saturated heterocycles. The molecule has 0 N–H and O–H groups in total. The highest BCUT2D eigenvalue weighted by Crippen LogP contribution is 2.37. The molecule has 0 bridgehead atoms. The number of aromatic nitrogens is 4. The van der Waals surface area contributed by atoms with Crippen molar-refractivity contribution in [1.29, 1.82) is 0 Å². The number of hydrogen-bond donors (Lipinski definition) is 0. The molecule has 0 aliphatic carbocycles. The molecule has 4 aromatic rings. The first-order chi connectivity index (χ1) is 10.7. The number of hydrogen-bond acceptors (Lipinski definition) is 4. The number of aryl methyl sites for hydroxylation is 2. The lowest BCUT2D eigenvalue weighted by molar-refractivity contribution is 0.768. The maximum absolute atomic E-state index is 4.89. The number of thiophene rings is 1. The first-order valence-corrected chi connectivity index (χ1v) is 7.83. The van der Waals surface area contributed by atoms with Gasteiger partial charge in [0.25, 0.3) is 0 Å². The SMILES string of the molecule is Cc1sc2ccc(-c3cnn(C)c3)nc2c1-c1ccncc1. The summed E-state index contributed by atoms with van der Waals surface area (Å²) in [6.07, 6.45) is 7.48. The van der Waals surface area contributed by atoms with Crippen molar-refractivity contribution in [2.45, 2.75) is 6.92 Å². The van der Waals surface area contributed by atoms with Crippen molar-refractivity contribution in [2.75, 3.05) is 0 Å². The highest BCUT2D eigenvalue weighted by molar-refractivity contribution is 7.19. The van der Waals surface area contributed by atoms with Crippen molar-refractivity contribution in [2.24, 2.45) is 7.05 Å². The van der Waals surface area contributed by atoms with Gasteiger partial charge in [0.1, 0.15) is 0 Å². The monoisotopic (exact) mass is 306 g/mol. The number of pyridine rings is 2. The van der Waals surface area contributed by atoms with Crippen LogP contribution < -0.4 is 0 Å². The van der Waals surface area contributed by atoms with Crippen LogP contribution in [0.25, 0.3) is 32.6 Å². The molecule has 0 fully saturated rings. The Kier molecular flexibility index (Phi) is 3.01. The zero-order valence-corrected chi connectivity index (χ0v) is 13.1. The Morgan fingerprint density at radius 3 is 2.59 bits per heavy atom. The summed E-state index contributed by atoms with van der Waals surface area (Å²) in [6.45, 7) is 2.14. The largest absolute Gasteiger partial charge is 0.275 e. The zero-order valence-electron chi connectivity index (χ0n) is 12.3. The van der Waals surface area contributed by atoms with Gasteiger partial charge in [0.2, 0.25) is 0 Å². The minimum absolute atomic E-state index is 0.953. The van der Waals surface area contributed by atoms with Gasteiger partial charge >= 0.3 is 0 Å². The summed E-state index contributed by atoms with van der Waals surface area (Å²) in [4.78, 5) is 10.3. The molecule has 22 heavy (non-hydrogen) atoms. The third kappa shape index (κ3) is 2.10. The molecule has 0 unspecified atom stereocenters. The van der Waals surface area contributed by atoms with Gasteiger partial charge in [-0.1, -0.05) is 0 Å². The minimum atomic E-state index is 0.953. The Labute approximate surface area is 132 Å². The van der Waals surface area contributed by atoms with Crippen LogP contribution in [0.1, 0.15) is 4.88 Å². The molecule has 108 valence electrons.